The Morgan fingerprint density at radius 3 is 2.03 bits per heavy atom. The van der Waals surface area contributed by atoms with E-state index in [2.05, 4.69) is 42.2 Å². The summed E-state index contributed by atoms with van der Waals surface area (Å²) in [5, 5.41) is 49.0. The van der Waals surface area contributed by atoms with Gasteiger partial charge < -0.3 is 69.0 Å². The zero-order valence-electron chi connectivity index (χ0n) is 44.3. The van der Waals surface area contributed by atoms with Crippen molar-refractivity contribution in [3.63, 3.8) is 0 Å². The number of rotatable bonds is 17. The van der Waals surface area contributed by atoms with E-state index >= 15 is 0 Å². The molecule has 0 radical (unpaired) electrons. The Balaban J connectivity index is 1.63. The molecule has 1 aliphatic rings. The number of nitrogens with two attached hydrogens (primary N) is 2. The number of benzene rings is 3. The van der Waals surface area contributed by atoms with E-state index in [0.717, 1.165) is 27.2 Å². The molecule has 0 spiro atoms. The van der Waals surface area contributed by atoms with Crippen LogP contribution in [-0.2, 0) is 52.8 Å². The summed E-state index contributed by atoms with van der Waals surface area (Å²) >= 11 is 0. The Labute approximate surface area is 427 Å². The number of para-hydroxylation sites is 1. The van der Waals surface area contributed by atoms with Crippen LogP contribution in [0.5, 0.6) is 0 Å². The van der Waals surface area contributed by atoms with Gasteiger partial charge in [-0.3, -0.25) is 33.6 Å². The number of aromatic nitrogens is 1. The minimum atomic E-state index is -1.77. The van der Waals surface area contributed by atoms with Crippen LogP contribution in [0.3, 0.4) is 0 Å². The van der Waals surface area contributed by atoms with Gasteiger partial charge in [0.1, 0.15) is 36.3 Å². The summed E-state index contributed by atoms with van der Waals surface area (Å²) in [5.74, 6) is -7.07. The normalized spacial score (nSPS) is 23.8. The van der Waals surface area contributed by atoms with Gasteiger partial charge in [-0.05, 0) is 68.8 Å². The number of hydrogen-bond acceptors (Lipinski definition) is 14. The Hall–Kier alpha value is -6.01. The lowest BCUT2D eigenvalue weighted by atomic mass is 10.0. The summed E-state index contributed by atoms with van der Waals surface area (Å²) in [6.45, 7) is 2.01. The third-order valence-electron chi connectivity index (χ3n) is 11.5. The summed E-state index contributed by atoms with van der Waals surface area (Å²) in [5.41, 5.74) is 13.1. The maximum atomic E-state index is 14.9. The highest BCUT2D eigenvalue weighted by atomic mass is 33.1. The molecular formula is C49H66N10O10S2. The zero-order chi connectivity index (χ0) is 55.8. The number of aliphatic hydroxyl groups excluding tert-OH is 3. The number of aromatic amines is 1. The summed E-state index contributed by atoms with van der Waals surface area (Å²) in [6.07, 6.45) is -3.50. The second kappa shape index (κ2) is 28.1. The van der Waals surface area contributed by atoms with Crippen LogP contribution in [-0.4, -0.2) is 147 Å². The quantitative estimate of drug-likeness (QED) is 0.0455. The van der Waals surface area contributed by atoms with E-state index in [9.17, 15) is 48.9 Å². The number of fused-ring (bicyclic) bond motifs is 1. The van der Waals surface area contributed by atoms with Gasteiger partial charge in [0.25, 0.3) is 0 Å². The molecule has 1 saturated heterocycles. The number of carbonyl (C=O) groups is 7. The minimum Gasteiger partial charge on any atom is -0.394 e. The first-order valence-corrected chi connectivity index (χ1v) is 25.6. The molecule has 2 heterocycles. The molecule has 0 saturated carbocycles. The molecular weight excluding hydrogens is 953 g/mol. The van der Waals surface area contributed by atoms with Crippen LogP contribution in [0.2, 0.25) is 0 Å². The van der Waals surface area contributed by atoms with Crippen molar-refractivity contribution in [2.24, 2.45) is 11.5 Å². The molecule has 2 unspecified atom stereocenters. The minimum absolute atomic E-state index is 0.0830. The molecule has 15 N–H and O–H groups in total. The van der Waals surface area contributed by atoms with E-state index in [4.69, 9.17) is 18.3 Å². The average molecular weight is 1020 g/mol. The van der Waals surface area contributed by atoms with Crippen molar-refractivity contribution in [3.05, 3.63) is 108 Å². The van der Waals surface area contributed by atoms with Gasteiger partial charge in [0.05, 0.1) is 37.8 Å². The van der Waals surface area contributed by atoms with Gasteiger partial charge in [-0.2, -0.15) is 0 Å². The average Bonchev–Trinajstić information content (AvgIpc) is 3.72. The largest absolute Gasteiger partial charge is 0.394 e. The molecule has 1 aromatic heterocycles. The first-order chi connectivity index (χ1) is 36.1. The lowest BCUT2D eigenvalue weighted by Gasteiger charge is -2.29. The fourth-order valence-corrected chi connectivity index (χ4v) is 9.73. The highest BCUT2D eigenvalue weighted by Gasteiger charge is 2.36. The fourth-order valence-electron chi connectivity index (χ4n) is 7.40. The van der Waals surface area contributed by atoms with Crippen LogP contribution in [0.1, 0.15) is 56.7 Å². The van der Waals surface area contributed by atoms with E-state index < -0.39 is 145 Å². The van der Waals surface area contributed by atoms with Crippen LogP contribution in [0.25, 0.3) is 10.9 Å². The Morgan fingerprint density at radius 1 is 0.775 bits per heavy atom. The summed E-state index contributed by atoms with van der Waals surface area (Å²) in [6, 6.07) is 3.27. The standard InChI is InChI=1S/C49H66N10O10S2/c1-28(61)39(25-60)56-48(68)41-27-71-70-26-40(57-43(63)34(51)21-30-13-5-3-6-14-30)47(67)54-37(22-31-15-7-4-8-16-31)45(65)55-38(23-32-24-52-35-18-10-9-17-33(32)35)46(66)53-36(19-11-12-20-50)44(64)59-42(29(2)62)49(69)58-41/h3-10,13-18,24,28-29,34,36-42,52,60-62H,11-12,19-23,25-27,50-51H2,1-2H3,(H,53,66)(H,54,67)(H,55,65)(H,56,68)(H,57,63)(H,58,69)(H,59,64)/t28-,29-,34-,36+,37+,38-,39?,40-,41-,42?/m1/s1/i9D,10D,17D,18D,24D. The molecule has 1 aliphatic heterocycles. The SMILES string of the molecule is [2H]c1[nH]c2c([2H])c([2H])c([2H])c([2H])c2c1C[C@H]1NC(=O)[C@H](Cc2ccccc2)NC(=O)[C@H](NC(=O)[C@H](N)Cc2ccccc2)CSSC[C@H](C(=O)NC(CO)[C@@H](C)O)NC(=O)C([C@@H](C)O)NC(=O)[C@H](CCCCN)NC1=O. The molecule has 20 nitrogen and oxygen atoms in total. The van der Waals surface area contributed by atoms with Crippen LogP contribution in [0, 0.1) is 0 Å². The van der Waals surface area contributed by atoms with Crippen molar-refractivity contribution in [2.45, 2.75) is 113 Å². The number of carbonyl (C=O) groups excluding carboxylic acids is 7. The molecule has 5 rings (SSSR count). The van der Waals surface area contributed by atoms with Gasteiger partial charge in [-0.25, -0.2) is 0 Å². The maximum absolute atomic E-state index is 14.9. The highest BCUT2D eigenvalue weighted by Crippen LogP contribution is 2.24. The van der Waals surface area contributed by atoms with E-state index in [1.807, 2.05) is 0 Å². The Morgan fingerprint density at radius 2 is 1.38 bits per heavy atom. The number of aliphatic hydroxyl groups is 3. The lowest BCUT2D eigenvalue weighted by molar-refractivity contribution is -0.136. The molecule has 0 aliphatic carbocycles. The second-order valence-electron chi connectivity index (χ2n) is 17.1. The van der Waals surface area contributed by atoms with Gasteiger partial charge in [0, 0.05) is 41.4 Å². The first kappa shape index (κ1) is 48.6. The van der Waals surface area contributed by atoms with E-state index in [0.29, 0.717) is 12.0 Å². The molecule has 71 heavy (non-hydrogen) atoms. The molecule has 0 bridgehead atoms. The van der Waals surface area contributed by atoms with E-state index in [1.54, 1.807) is 60.7 Å². The topological polar surface area (TPSA) is 332 Å². The van der Waals surface area contributed by atoms with Crippen molar-refractivity contribution >= 4 is 73.8 Å². The highest BCUT2D eigenvalue weighted by molar-refractivity contribution is 8.76. The smallest absolute Gasteiger partial charge is 0.245 e. The van der Waals surface area contributed by atoms with Crippen LogP contribution in [0.4, 0.5) is 0 Å². The fraction of sp³-hybridized carbons (Fsp3) is 0.449. The molecule has 10 atom stereocenters. The molecule has 1 fully saturated rings. The number of unbranched alkanes of at least 4 members (excludes halogenated alkanes) is 1. The number of amides is 7. The van der Waals surface area contributed by atoms with E-state index in [1.165, 1.54) is 13.8 Å². The lowest BCUT2D eigenvalue weighted by Crippen LogP contribution is -2.62. The predicted molar refractivity (Wildman–Crippen MR) is 272 cm³/mol. The predicted octanol–water partition coefficient (Wildman–Crippen LogP) is -0.805. The number of hydrogen-bond donors (Lipinski definition) is 13. The molecule has 384 valence electrons. The van der Waals surface area contributed by atoms with E-state index in [-0.39, 0.29) is 60.2 Å². The Bertz CT molecular complexity index is 2680. The molecule has 3 aromatic carbocycles. The van der Waals surface area contributed by atoms with Crippen LogP contribution < -0.4 is 48.7 Å². The van der Waals surface area contributed by atoms with Crippen molar-refractivity contribution in [2.75, 3.05) is 24.7 Å². The maximum Gasteiger partial charge on any atom is 0.245 e. The van der Waals surface area contributed by atoms with Gasteiger partial charge in [0.15, 0.2) is 0 Å². The van der Waals surface area contributed by atoms with Gasteiger partial charge >= 0.3 is 0 Å². The van der Waals surface area contributed by atoms with Crippen molar-refractivity contribution in [1.82, 2.24) is 42.2 Å². The third kappa shape index (κ3) is 17.1. The molecule has 7 amide bonds. The van der Waals surface area contributed by atoms with Crippen LogP contribution in [0.15, 0.2) is 91.0 Å². The molecule has 4 aromatic rings. The summed E-state index contributed by atoms with van der Waals surface area (Å²) < 4.78 is 42.7. The van der Waals surface area contributed by atoms with Crippen molar-refractivity contribution < 1.29 is 55.7 Å². The van der Waals surface area contributed by atoms with Gasteiger partial charge in [0.2, 0.25) is 41.4 Å². The molecule has 22 heteroatoms. The monoisotopic (exact) mass is 1020 g/mol. The summed E-state index contributed by atoms with van der Waals surface area (Å²) in [7, 11) is 1.93. The van der Waals surface area contributed by atoms with Gasteiger partial charge in [-0.1, -0.05) is 100 Å². The van der Waals surface area contributed by atoms with Crippen molar-refractivity contribution in [3.8, 4) is 0 Å². The van der Waals surface area contributed by atoms with Crippen molar-refractivity contribution in [1.29, 1.82) is 0 Å². The second-order valence-corrected chi connectivity index (χ2v) is 19.6. The third-order valence-corrected chi connectivity index (χ3v) is 13.9. The summed E-state index contributed by atoms with van der Waals surface area (Å²) in [4.78, 5) is 103. The number of nitrogens with one attached hydrogen (secondary N) is 8. The zero-order valence-corrected chi connectivity index (χ0v) is 40.9. The number of H-pyrrole nitrogens is 1. The Kier molecular flexibility index (Phi) is 19.3. The van der Waals surface area contributed by atoms with Crippen LogP contribution >= 0.6 is 21.6 Å². The van der Waals surface area contributed by atoms with Gasteiger partial charge in [-0.15, -0.1) is 0 Å². The first-order valence-electron chi connectivity index (χ1n) is 25.6.